The largest absolute Gasteiger partial charge is 0.481 e. The van der Waals surface area contributed by atoms with Crippen LogP contribution in [0.4, 0.5) is 0 Å². The van der Waals surface area contributed by atoms with E-state index in [1.54, 1.807) is 0 Å². The van der Waals surface area contributed by atoms with Crippen LogP contribution < -0.4 is 16.4 Å². The van der Waals surface area contributed by atoms with Crippen molar-refractivity contribution in [2.24, 2.45) is 5.73 Å². The van der Waals surface area contributed by atoms with Gasteiger partial charge in [0.25, 0.3) is 0 Å². The molecule has 0 saturated carbocycles. The van der Waals surface area contributed by atoms with Crippen LogP contribution in [-0.2, 0) is 24.0 Å². The Morgan fingerprint density at radius 3 is 2.37 bits per heavy atom. The molecule has 1 aliphatic heterocycles. The molecule has 0 aromatic carbocycles. The van der Waals surface area contributed by atoms with Gasteiger partial charge in [0.1, 0.15) is 18.1 Å². The topological polar surface area (TPSA) is 199 Å². The standard InChI is InChI=1S/C15H24N4O8/c1-7(20)12(16)14(25)19-4-2-3-9(19)13(24)17-6-10(21)18-8(15(26)27)5-11(22)23/h7-9,12,20H,2-6,16H2,1H3,(H,17,24)(H,18,21)(H,22,23)(H,26,27). The number of carbonyl (C=O) groups is 5. The molecular weight excluding hydrogens is 364 g/mol. The zero-order valence-electron chi connectivity index (χ0n) is 14.8. The number of carbonyl (C=O) groups excluding carboxylic acids is 3. The highest BCUT2D eigenvalue weighted by Crippen LogP contribution is 2.18. The molecule has 152 valence electrons. The van der Waals surface area contributed by atoms with Crippen molar-refractivity contribution in [1.82, 2.24) is 15.5 Å². The number of carboxylic acids is 2. The van der Waals surface area contributed by atoms with Crippen molar-refractivity contribution in [2.45, 2.75) is 50.4 Å². The minimum absolute atomic E-state index is 0.281. The zero-order valence-corrected chi connectivity index (χ0v) is 14.8. The minimum Gasteiger partial charge on any atom is -0.481 e. The van der Waals surface area contributed by atoms with Crippen molar-refractivity contribution in [3.63, 3.8) is 0 Å². The molecule has 0 spiro atoms. The predicted octanol–water partition coefficient (Wildman–Crippen LogP) is -3.15. The number of nitrogens with two attached hydrogens (primary N) is 1. The van der Waals surface area contributed by atoms with E-state index < -0.39 is 66.9 Å². The summed E-state index contributed by atoms with van der Waals surface area (Å²) in [7, 11) is 0. The molecule has 12 nitrogen and oxygen atoms in total. The van der Waals surface area contributed by atoms with Crippen LogP contribution in [0.3, 0.4) is 0 Å². The number of nitrogens with zero attached hydrogens (tertiary/aromatic N) is 1. The highest BCUT2D eigenvalue weighted by atomic mass is 16.4. The fourth-order valence-corrected chi connectivity index (χ4v) is 2.61. The van der Waals surface area contributed by atoms with E-state index in [0.29, 0.717) is 12.8 Å². The second kappa shape index (κ2) is 9.83. The molecular formula is C15H24N4O8. The summed E-state index contributed by atoms with van der Waals surface area (Å²) < 4.78 is 0. The molecule has 0 aromatic heterocycles. The van der Waals surface area contributed by atoms with Crippen molar-refractivity contribution in [2.75, 3.05) is 13.1 Å². The number of hydrogen-bond donors (Lipinski definition) is 6. The number of aliphatic carboxylic acids is 2. The van der Waals surface area contributed by atoms with Gasteiger partial charge in [-0.3, -0.25) is 19.2 Å². The van der Waals surface area contributed by atoms with Gasteiger partial charge in [-0.25, -0.2) is 4.79 Å². The average molecular weight is 388 g/mol. The van der Waals surface area contributed by atoms with Crippen LogP contribution in [0.2, 0.25) is 0 Å². The third-order valence-corrected chi connectivity index (χ3v) is 4.08. The summed E-state index contributed by atoms with van der Waals surface area (Å²) in [5, 5.41) is 31.2. The molecule has 4 unspecified atom stereocenters. The smallest absolute Gasteiger partial charge is 0.326 e. The monoisotopic (exact) mass is 388 g/mol. The molecule has 1 fully saturated rings. The van der Waals surface area contributed by atoms with Crippen molar-refractivity contribution in [3.8, 4) is 0 Å². The Hall–Kier alpha value is -2.73. The first-order valence-corrected chi connectivity index (χ1v) is 8.30. The Kier molecular flexibility index (Phi) is 8.12. The number of amides is 3. The number of nitrogens with one attached hydrogen (secondary N) is 2. The first kappa shape index (κ1) is 22.3. The normalized spacial score (nSPS) is 19.7. The number of aliphatic hydroxyl groups excluding tert-OH is 1. The van der Waals surface area contributed by atoms with Crippen molar-refractivity contribution >= 4 is 29.7 Å². The van der Waals surface area contributed by atoms with Gasteiger partial charge in [-0.05, 0) is 19.8 Å². The number of hydrogen-bond acceptors (Lipinski definition) is 7. The quantitative estimate of drug-likeness (QED) is 0.236. The van der Waals surface area contributed by atoms with E-state index in [4.69, 9.17) is 15.9 Å². The predicted molar refractivity (Wildman–Crippen MR) is 89.2 cm³/mol. The third kappa shape index (κ3) is 6.49. The third-order valence-electron chi connectivity index (χ3n) is 4.08. The summed E-state index contributed by atoms with van der Waals surface area (Å²) in [6, 6.07) is -3.65. The van der Waals surface area contributed by atoms with Crippen LogP contribution >= 0.6 is 0 Å². The van der Waals surface area contributed by atoms with Gasteiger partial charge >= 0.3 is 11.9 Å². The summed E-state index contributed by atoms with van der Waals surface area (Å²) in [6.45, 7) is 1.06. The molecule has 1 heterocycles. The van der Waals surface area contributed by atoms with Crippen LogP contribution in [0.25, 0.3) is 0 Å². The fraction of sp³-hybridized carbons (Fsp3) is 0.667. The maximum atomic E-state index is 12.3. The molecule has 3 amide bonds. The average Bonchev–Trinajstić information content (AvgIpc) is 3.06. The first-order chi connectivity index (χ1) is 12.5. The Labute approximate surface area is 154 Å². The molecule has 0 bridgehead atoms. The fourth-order valence-electron chi connectivity index (χ4n) is 2.61. The summed E-state index contributed by atoms with van der Waals surface area (Å²) in [6.07, 6.45) is -1.00. The van der Waals surface area contributed by atoms with Crippen LogP contribution in [0.5, 0.6) is 0 Å². The minimum atomic E-state index is -1.62. The SMILES string of the molecule is CC(O)C(N)C(=O)N1CCCC1C(=O)NCC(=O)NC(CC(=O)O)C(=O)O. The number of rotatable bonds is 9. The van der Waals surface area contributed by atoms with E-state index in [0.717, 1.165) is 0 Å². The highest BCUT2D eigenvalue weighted by molar-refractivity contribution is 5.93. The summed E-state index contributed by atoms with van der Waals surface area (Å²) in [4.78, 5) is 59.0. The molecule has 0 aliphatic carbocycles. The van der Waals surface area contributed by atoms with Crippen molar-refractivity contribution < 1.29 is 39.3 Å². The van der Waals surface area contributed by atoms with E-state index in [2.05, 4.69) is 5.32 Å². The maximum absolute atomic E-state index is 12.3. The summed E-state index contributed by atoms with van der Waals surface area (Å²) >= 11 is 0. The lowest BCUT2D eigenvalue weighted by Gasteiger charge is -2.27. The summed E-state index contributed by atoms with van der Waals surface area (Å²) in [5.41, 5.74) is 5.61. The second-order valence-electron chi connectivity index (χ2n) is 6.23. The highest BCUT2D eigenvalue weighted by Gasteiger charge is 2.37. The van der Waals surface area contributed by atoms with E-state index >= 15 is 0 Å². The number of carboxylic acid groups (broad SMARTS) is 2. The lowest BCUT2D eigenvalue weighted by atomic mass is 10.1. The van der Waals surface area contributed by atoms with E-state index in [9.17, 15) is 29.1 Å². The van der Waals surface area contributed by atoms with Crippen LogP contribution in [0, 0.1) is 0 Å². The van der Waals surface area contributed by atoms with Crippen LogP contribution in [0.1, 0.15) is 26.2 Å². The van der Waals surface area contributed by atoms with Gasteiger partial charge < -0.3 is 36.6 Å². The van der Waals surface area contributed by atoms with E-state index in [-0.39, 0.29) is 6.54 Å². The molecule has 0 radical (unpaired) electrons. The molecule has 27 heavy (non-hydrogen) atoms. The maximum Gasteiger partial charge on any atom is 0.326 e. The van der Waals surface area contributed by atoms with E-state index in [1.807, 2.05) is 5.32 Å². The zero-order chi connectivity index (χ0) is 20.7. The molecule has 4 atom stereocenters. The van der Waals surface area contributed by atoms with Crippen molar-refractivity contribution in [1.29, 1.82) is 0 Å². The van der Waals surface area contributed by atoms with E-state index in [1.165, 1.54) is 11.8 Å². The first-order valence-electron chi connectivity index (χ1n) is 8.30. The molecule has 7 N–H and O–H groups in total. The van der Waals surface area contributed by atoms with Gasteiger partial charge in [0.2, 0.25) is 17.7 Å². The van der Waals surface area contributed by atoms with Gasteiger partial charge in [-0.1, -0.05) is 0 Å². The van der Waals surface area contributed by atoms with Crippen LogP contribution in [0.15, 0.2) is 0 Å². The number of likely N-dealkylation sites (tertiary alicyclic amines) is 1. The molecule has 1 saturated heterocycles. The lowest BCUT2D eigenvalue weighted by molar-refractivity contribution is -0.147. The van der Waals surface area contributed by atoms with Gasteiger partial charge in [-0.15, -0.1) is 0 Å². The van der Waals surface area contributed by atoms with Gasteiger partial charge in [0.05, 0.1) is 19.1 Å². The molecule has 1 aliphatic rings. The number of aliphatic hydroxyl groups is 1. The Morgan fingerprint density at radius 2 is 1.85 bits per heavy atom. The second-order valence-corrected chi connectivity index (χ2v) is 6.23. The molecule has 1 rings (SSSR count). The van der Waals surface area contributed by atoms with Gasteiger partial charge in [0.15, 0.2) is 0 Å². The lowest BCUT2D eigenvalue weighted by Crippen LogP contribution is -2.55. The van der Waals surface area contributed by atoms with Crippen LogP contribution in [-0.4, -0.2) is 87.2 Å². The Balaban J connectivity index is 2.59. The molecule has 12 heteroatoms. The van der Waals surface area contributed by atoms with Gasteiger partial charge in [0, 0.05) is 6.54 Å². The Morgan fingerprint density at radius 1 is 1.22 bits per heavy atom. The molecule has 0 aromatic rings. The Bertz CT molecular complexity index is 609. The van der Waals surface area contributed by atoms with Gasteiger partial charge in [-0.2, -0.15) is 0 Å². The summed E-state index contributed by atoms with van der Waals surface area (Å²) in [5.74, 6) is -5.01. The van der Waals surface area contributed by atoms with Crippen molar-refractivity contribution in [3.05, 3.63) is 0 Å².